The molecule has 150 valence electrons. The fourth-order valence-electron chi connectivity index (χ4n) is 3.25. The molecule has 0 saturated carbocycles. The molecule has 0 N–H and O–H groups in total. The van der Waals surface area contributed by atoms with Crippen LogP contribution < -0.4 is 9.47 Å². The van der Waals surface area contributed by atoms with Crippen molar-refractivity contribution >= 4 is 10.8 Å². The summed E-state index contributed by atoms with van der Waals surface area (Å²) in [7, 11) is 0.558. The summed E-state index contributed by atoms with van der Waals surface area (Å²) >= 11 is 0. The van der Waals surface area contributed by atoms with Gasteiger partial charge < -0.3 is 9.47 Å². The fourth-order valence-corrected chi connectivity index (χ4v) is 3.71. The Hall–Kier alpha value is -2.77. The maximum atomic E-state index is 11.4. The average molecular weight is 410 g/mol. The predicted molar refractivity (Wildman–Crippen MR) is 112 cm³/mol. The molecule has 7 heteroatoms. The second-order valence-electron chi connectivity index (χ2n) is 7.01. The quantitative estimate of drug-likeness (QED) is 0.597. The number of likely N-dealkylation sites (tertiary alicyclic amines) is 1. The van der Waals surface area contributed by atoms with Gasteiger partial charge in [-0.25, -0.2) is 9.97 Å². The number of rotatable bonds is 7. The van der Waals surface area contributed by atoms with Crippen LogP contribution in [0.2, 0.25) is 0 Å². The first-order valence-corrected chi connectivity index (χ1v) is 10.9. The number of hydrogen-bond donors (Lipinski definition) is 0. The van der Waals surface area contributed by atoms with Gasteiger partial charge in [0, 0.05) is 49.9 Å². The molecule has 0 bridgehead atoms. The van der Waals surface area contributed by atoms with Gasteiger partial charge in [-0.05, 0) is 29.3 Å². The van der Waals surface area contributed by atoms with Crippen molar-refractivity contribution in [2.45, 2.75) is 17.7 Å². The number of benzene rings is 1. The lowest BCUT2D eigenvalue weighted by molar-refractivity contribution is 0.0145. The summed E-state index contributed by atoms with van der Waals surface area (Å²) < 4.78 is 22.6. The van der Waals surface area contributed by atoms with E-state index in [0.29, 0.717) is 10.9 Å². The van der Waals surface area contributed by atoms with Crippen LogP contribution in [0.25, 0.3) is 11.1 Å². The van der Waals surface area contributed by atoms with Crippen LogP contribution >= 0.6 is 0 Å². The van der Waals surface area contributed by atoms with E-state index in [1.165, 1.54) is 5.56 Å². The third kappa shape index (κ3) is 4.81. The zero-order valence-corrected chi connectivity index (χ0v) is 17.3. The van der Waals surface area contributed by atoms with Gasteiger partial charge in [-0.15, -0.1) is 0 Å². The Labute approximate surface area is 173 Å². The fraction of sp³-hybridized carbons (Fsp3) is 0.273. The van der Waals surface area contributed by atoms with E-state index in [-0.39, 0.29) is 6.10 Å². The predicted octanol–water partition coefficient (Wildman–Crippen LogP) is 3.15. The van der Waals surface area contributed by atoms with Crippen LogP contribution in [0.4, 0.5) is 0 Å². The normalized spacial score (nSPS) is 15.5. The highest BCUT2D eigenvalue weighted by Gasteiger charge is 2.28. The molecule has 1 unspecified atom stereocenters. The minimum Gasteiger partial charge on any atom is -0.488 e. The molecule has 29 heavy (non-hydrogen) atoms. The van der Waals surface area contributed by atoms with Crippen LogP contribution in [0.3, 0.4) is 0 Å². The van der Waals surface area contributed by atoms with Crippen molar-refractivity contribution in [1.29, 1.82) is 0 Å². The highest BCUT2D eigenvalue weighted by molar-refractivity contribution is 7.84. The topological polar surface area (TPSA) is 64.6 Å². The molecular formula is C22H23N3O3S. The third-order valence-electron chi connectivity index (χ3n) is 4.86. The molecule has 4 rings (SSSR count). The smallest absolute Gasteiger partial charge is 0.212 e. The number of ether oxygens (including phenoxy) is 2. The summed E-state index contributed by atoms with van der Waals surface area (Å²) in [5.74, 6) is 1.50. The SMILES string of the molecule is COc1ccc(CN2CC(Oc3ccc(-c4ccc(S(C)=O)nc4)cc3)C2)cn1. The zero-order chi connectivity index (χ0) is 20.2. The second-order valence-corrected chi connectivity index (χ2v) is 8.33. The number of methoxy groups -OCH3 is 1. The molecule has 1 atom stereocenters. The maximum absolute atomic E-state index is 11.4. The average Bonchev–Trinajstić information content (AvgIpc) is 2.73. The van der Waals surface area contributed by atoms with Crippen molar-refractivity contribution in [3.63, 3.8) is 0 Å². The van der Waals surface area contributed by atoms with Crippen molar-refractivity contribution in [2.75, 3.05) is 26.5 Å². The Balaban J connectivity index is 1.28. The van der Waals surface area contributed by atoms with Crippen LogP contribution in [0.15, 0.2) is 66.0 Å². The van der Waals surface area contributed by atoms with E-state index >= 15 is 0 Å². The van der Waals surface area contributed by atoms with Crippen LogP contribution in [-0.2, 0) is 17.3 Å². The van der Waals surface area contributed by atoms with Gasteiger partial charge in [0.1, 0.15) is 16.9 Å². The molecule has 6 nitrogen and oxygen atoms in total. The van der Waals surface area contributed by atoms with Crippen molar-refractivity contribution < 1.29 is 13.7 Å². The first kappa shape index (κ1) is 19.5. The number of pyridine rings is 2. The molecule has 0 aliphatic carbocycles. The van der Waals surface area contributed by atoms with E-state index < -0.39 is 10.8 Å². The Morgan fingerprint density at radius 3 is 2.34 bits per heavy atom. The molecule has 1 aliphatic heterocycles. The monoisotopic (exact) mass is 409 g/mol. The number of aromatic nitrogens is 2. The molecule has 0 radical (unpaired) electrons. The van der Waals surface area contributed by atoms with Crippen LogP contribution in [0, 0.1) is 0 Å². The van der Waals surface area contributed by atoms with Crippen molar-refractivity contribution in [3.8, 4) is 22.8 Å². The Bertz CT molecular complexity index is 970. The van der Waals surface area contributed by atoms with Gasteiger partial charge in [0.05, 0.1) is 17.9 Å². The largest absolute Gasteiger partial charge is 0.488 e. The van der Waals surface area contributed by atoms with E-state index in [9.17, 15) is 4.21 Å². The first-order valence-electron chi connectivity index (χ1n) is 9.38. The maximum Gasteiger partial charge on any atom is 0.212 e. The minimum atomic E-state index is -1.06. The highest BCUT2D eigenvalue weighted by Crippen LogP contribution is 2.25. The van der Waals surface area contributed by atoms with E-state index in [4.69, 9.17) is 9.47 Å². The molecule has 3 heterocycles. The van der Waals surface area contributed by atoms with Gasteiger partial charge in [-0.1, -0.05) is 24.3 Å². The first-order chi connectivity index (χ1) is 14.1. The summed E-state index contributed by atoms with van der Waals surface area (Å²) in [5, 5.41) is 0.591. The molecule has 1 aliphatic rings. The lowest BCUT2D eigenvalue weighted by Gasteiger charge is -2.39. The second kappa shape index (κ2) is 8.71. The Morgan fingerprint density at radius 1 is 1.00 bits per heavy atom. The van der Waals surface area contributed by atoms with Crippen LogP contribution in [0.1, 0.15) is 5.56 Å². The molecule has 3 aromatic rings. The summed E-state index contributed by atoms with van der Waals surface area (Å²) in [5.41, 5.74) is 3.22. The summed E-state index contributed by atoms with van der Waals surface area (Å²) in [6.45, 7) is 2.65. The van der Waals surface area contributed by atoms with E-state index in [0.717, 1.165) is 36.5 Å². The molecule has 1 saturated heterocycles. The standard InChI is InChI=1S/C22H23N3O3S/c1-27-21-9-3-16(11-23-21)13-25-14-20(15-25)28-19-7-4-17(5-8-19)18-6-10-22(24-12-18)29(2)26/h3-12,20H,13-15H2,1-2H3. The zero-order valence-electron chi connectivity index (χ0n) is 16.4. The van der Waals surface area contributed by atoms with E-state index in [1.54, 1.807) is 25.6 Å². The Morgan fingerprint density at radius 2 is 1.76 bits per heavy atom. The van der Waals surface area contributed by atoms with Crippen molar-refractivity contribution in [1.82, 2.24) is 14.9 Å². The molecule has 1 fully saturated rings. The minimum absolute atomic E-state index is 0.201. The van der Waals surface area contributed by atoms with Crippen LogP contribution in [0.5, 0.6) is 11.6 Å². The van der Waals surface area contributed by atoms with Gasteiger partial charge in [0.15, 0.2) is 0 Å². The third-order valence-corrected chi connectivity index (χ3v) is 5.69. The van der Waals surface area contributed by atoms with Gasteiger partial charge in [-0.2, -0.15) is 0 Å². The molecule has 0 spiro atoms. The molecule has 0 amide bonds. The molecular weight excluding hydrogens is 386 g/mol. The lowest BCUT2D eigenvalue weighted by atomic mass is 10.1. The van der Waals surface area contributed by atoms with Gasteiger partial charge in [0.25, 0.3) is 0 Å². The summed E-state index contributed by atoms with van der Waals surface area (Å²) in [6, 6.07) is 15.7. The summed E-state index contributed by atoms with van der Waals surface area (Å²) in [4.78, 5) is 10.8. The van der Waals surface area contributed by atoms with Gasteiger partial charge in [0.2, 0.25) is 5.88 Å². The van der Waals surface area contributed by atoms with Gasteiger partial charge >= 0.3 is 0 Å². The number of nitrogens with zero attached hydrogens (tertiary/aromatic N) is 3. The lowest BCUT2D eigenvalue weighted by Crippen LogP contribution is -2.53. The van der Waals surface area contributed by atoms with Crippen molar-refractivity contribution in [2.24, 2.45) is 0 Å². The van der Waals surface area contributed by atoms with Crippen molar-refractivity contribution in [3.05, 3.63) is 66.5 Å². The molecule has 1 aromatic carbocycles. The summed E-state index contributed by atoms with van der Waals surface area (Å²) in [6.07, 6.45) is 5.44. The highest BCUT2D eigenvalue weighted by atomic mass is 32.2. The van der Waals surface area contributed by atoms with E-state index in [1.807, 2.05) is 48.7 Å². The van der Waals surface area contributed by atoms with Gasteiger partial charge in [-0.3, -0.25) is 9.11 Å². The molecule has 2 aromatic heterocycles. The Kier molecular flexibility index (Phi) is 5.87. The van der Waals surface area contributed by atoms with E-state index in [2.05, 4.69) is 14.9 Å². The number of hydrogen-bond acceptors (Lipinski definition) is 6. The van der Waals surface area contributed by atoms with Crippen LogP contribution in [-0.4, -0.2) is 51.6 Å².